The summed E-state index contributed by atoms with van der Waals surface area (Å²) < 4.78 is 0. The monoisotopic (exact) mass is 171 g/mol. The lowest BCUT2D eigenvalue weighted by molar-refractivity contribution is -0.126. The highest BCUT2D eigenvalue weighted by Crippen LogP contribution is 2.32. The van der Waals surface area contributed by atoms with Gasteiger partial charge in [0.05, 0.1) is 0 Å². The molecule has 1 unspecified atom stereocenters. The van der Waals surface area contributed by atoms with Crippen LogP contribution in [-0.2, 0) is 4.79 Å². The highest BCUT2D eigenvalue weighted by molar-refractivity contribution is 5.79. The zero-order valence-electron chi connectivity index (χ0n) is 8.98. The van der Waals surface area contributed by atoms with Crippen LogP contribution >= 0.6 is 0 Å². The maximum absolute atomic E-state index is 11.1. The van der Waals surface area contributed by atoms with Crippen LogP contribution < -0.4 is 0 Å². The first-order chi connectivity index (χ1) is 5.57. The summed E-state index contributed by atoms with van der Waals surface area (Å²) in [6, 6.07) is 0. The second-order valence-electron chi connectivity index (χ2n) is 3.59. The van der Waals surface area contributed by atoms with Gasteiger partial charge in [-0.05, 0) is 11.8 Å². The number of likely N-dealkylation sites (tertiary alicyclic amines) is 1. The molecule has 0 saturated carbocycles. The van der Waals surface area contributed by atoms with Crippen molar-refractivity contribution in [2.75, 3.05) is 13.6 Å². The lowest BCUT2D eigenvalue weighted by atomic mass is 9.87. The van der Waals surface area contributed by atoms with Crippen molar-refractivity contribution in [2.45, 2.75) is 40.5 Å². The van der Waals surface area contributed by atoms with Gasteiger partial charge in [0.2, 0.25) is 5.91 Å². The SMILES string of the molecule is CC.CCC1(C)CC(=O)N(C)C1. The Morgan fingerprint density at radius 1 is 1.50 bits per heavy atom. The summed E-state index contributed by atoms with van der Waals surface area (Å²) in [5.74, 6) is 0.296. The Morgan fingerprint density at radius 3 is 2.17 bits per heavy atom. The molecular formula is C10H21NO. The third-order valence-electron chi connectivity index (χ3n) is 2.48. The molecule has 1 aliphatic heterocycles. The molecule has 0 aromatic heterocycles. The van der Waals surface area contributed by atoms with Gasteiger partial charge in [0.1, 0.15) is 0 Å². The number of amides is 1. The Morgan fingerprint density at radius 2 is 2.00 bits per heavy atom. The zero-order valence-corrected chi connectivity index (χ0v) is 8.98. The molecule has 0 N–H and O–H groups in total. The van der Waals surface area contributed by atoms with Crippen molar-refractivity contribution in [2.24, 2.45) is 5.41 Å². The summed E-state index contributed by atoms with van der Waals surface area (Å²) in [4.78, 5) is 12.9. The molecule has 1 aliphatic rings. The van der Waals surface area contributed by atoms with Gasteiger partial charge in [-0.1, -0.05) is 27.7 Å². The van der Waals surface area contributed by atoms with Gasteiger partial charge in [-0.3, -0.25) is 4.79 Å². The first kappa shape index (κ1) is 11.5. The predicted molar refractivity (Wildman–Crippen MR) is 52.0 cm³/mol. The van der Waals surface area contributed by atoms with E-state index in [2.05, 4.69) is 13.8 Å². The average molecular weight is 171 g/mol. The quantitative estimate of drug-likeness (QED) is 0.592. The lowest BCUT2D eigenvalue weighted by Gasteiger charge is -2.19. The normalized spacial score (nSPS) is 28.4. The first-order valence-electron chi connectivity index (χ1n) is 4.81. The summed E-state index contributed by atoms with van der Waals surface area (Å²) in [7, 11) is 1.88. The minimum Gasteiger partial charge on any atom is -0.345 e. The minimum absolute atomic E-state index is 0.256. The molecule has 1 fully saturated rings. The fourth-order valence-electron chi connectivity index (χ4n) is 1.45. The molecule has 1 atom stereocenters. The molecule has 1 amide bonds. The van der Waals surface area contributed by atoms with Crippen LogP contribution in [0, 0.1) is 5.41 Å². The van der Waals surface area contributed by atoms with Gasteiger partial charge >= 0.3 is 0 Å². The number of hydrogen-bond acceptors (Lipinski definition) is 1. The van der Waals surface area contributed by atoms with Crippen LogP contribution in [0.3, 0.4) is 0 Å². The maximum Gasteiger partial charge on any atom is 0.222 e. The summed E-state index contributed by atoms with van der Waals surface area (Å²) in [5, 5.41) is 0. The molecule has 2 heteroatoms. The van der Waals surface area contributed by atoms with Gasteiger partial charge < -0.3 is 4.90 Å². The predicted octanol–water partition coefficient (Wildman–Crippen LogP) is 2.29. The van der Waals surface area contributed by atoms with Crippen LogP contribution in [0.1, 0.15) is 40.5 Å². The zero-order chi connectivity index (χ0) is 9.78. The third kappa shape index (κ3) is 2.50. The first-order valence-corrected chi connectivity index (χ1v) is 4.81. The topological polar surface area (TPSA) is 20.3 Å². The van der Waals surface area contributed by atoms with Crippen molar-refractivity contribution in [3.05, 3.63) is 0 Å². The van der Waals surface area contributed by atoms with Gasteiger partial charge in [0.15, 0.2) is 0 Å². The number of carbonyl (C=O) groups is 1. The second-order valence-corrected chi connectivity index (χ2v) is 3.59. The molecule has 1 rings (SSSR count). The van der Waals surface area contributed by atoms with Crippen molar-refractivity contribution in [3.8, 4) is 0 Å². The Kier molecular flexibility index (Phi) is 4.29. The number of nitrogens with zero attached hydrogens (tertiary/aromatic N) is 1. The van der Waals surface area contributed by atoms with Crippen molar-refractivity contribution in [3.63, 3.8) is 0 Å². The molecular weight excluding hydrogens is 150 g/mol. The van der Waals surface area contributed by atoms with E-state index < -0.39 is 0 Å². The molecule has 0 aromatic rings. The van der Waals surface area contributed by atoms with Crippen LogP contribution in [0.15, 0.2) is 0 Å². The molecule has 72 valence electrons. The molecule has 1 saturated heterocycles. The van der Waals surface area contributed by atoms with E-state index in [1.165, 1.54) is 0 Å². The molecule has 12 heavy (non-hydrogen) atoms. The van der Waals surface area contributed by atoms with Crippen LogP contribution in [0.4, 0.5) is 0 Å². The van der Waals surface area contributed by atoms with Crippen LogP contribution in [-0.4, -0.2) is 24.4 Å². The van der Waals surface area contributed by atoms with Crippen molar-refractivity contribution < 1.29 is 4.79 Å². The number of rotatable bonds is 1. The molecule has 1 heterocycles. The standard InChI is InChI=1S/C8H15NO.C2H6/c1-4-8(2)5-7(10)9(3)6-8;1-2/h4-6H2,1-3H3;1-2H3. The van der Waals surface area contributed by atoms with E-state index in [4.69, 9.17) is 0 Å². The molecule has 2 nitrogen and oxygen atoms in total. The fraction of sp³-hybridized carbons (Fsp3) is 0.900. The summed E-state index contributed by atoms with van der Waals surface area (Å²) in [6.07, 6.45) is 1.84. The van der Waals surface area contributed by atoms with Crippen LogP contribution in [0.25, 0.3) is 0 Å². The van der Waals surface area contributed by atoms with E-state index in [9.17, 15) is 4.79 Å². The molecule has 0 bridgehead atoms. The molecule has 0 aromatic carbocycles. The highest BCUT2D eigenvalue weighted by Gasteiger charge is 2.35. The molecule has 0 aliphatic carbocycles. The van der Waals surface area contributed by atoms with Gasteiger partial charge in [0, 0.05) is 20.0 Å². The minimum atomic E-state index is 0.256. The second kappa shape index (κ2) is 4.48. The van der Waals surface area contributed by atoms with E-state index in [0.717, 1.165) is 19.4 Å². The van der Waals surface area contributed by atoms with Crippen molar-refractivity contribution in [1.82, 2.24) is 4.90 Å². The van der Waals surface area contributed by atoms with Crippen LogP contribution in [0.5, 0.6) is 0 Å². The Hall–Kier alpha value is -0.530. The maximum atomic E-state index is 11.1. The number of carbonyl (C=O) groups excluding carboxylic acids is 1. The smallest absolute Gasteiger partial charge is 0.222 e. The lowest BCUT2D eigenvalue weighted by Crippen LogP contribution is -2.22. The highest BCUT2D eigenvalue weighted by atomic mass is 16.2. The van der Waals surface area contributed by atoms with E-state index in [0.29, 0.717) is 5.91 Å². The van der Waals surface area contributed by atoms with E-state index in [1.54, 1.807) is 0 Å². The van der Waals surface area contributed by atoms with Crippen molar-refractivity contribution >= 4 is 5.91 Å². The van der Waals surface area contributed by atoms with Crippen molar-refractivity contribution in [1.29, 1.82) is 0 Å². The van der Waals surface area contributed by atoms with E-state index >= 15 is 0 Å². The Bertz CT molecular complexity index is 156. The molecule has 0 radical (unpaired) electrons. The van der Waals surface area contributed by atoms with Gasteiger partial charge in [-0.25, -0.2) is 0 Å². The Balaban J connectivity index is 0.000000561. The van der Waals surface area contributed by atoms with Gasteiger partial charge in [-0.15, -0.1) is 0 Å². The van der Waals surface area contributed by atoms with E-state index in [1.807, 2.05) is 25.8 Å². The summed E-state index contributed by atoms with van der Waals surface area (Å²) >= 11 is 0. The number of hydrogen-bond donors (Lipinski definition) is 0. The Labute approximate surface area is 75.9 Å². The fourth-order valence-corrected chi connectivity index (χ4v) is 1.45. The van der Waals surface area contributed by atoms with E-state index in [-0.39, 0.29) is 5.41 Å². The van der Waals surface area contributed by atoms with Crippen LogP contribution in [0.2, 0.25) is 0 Å². The summed E-state index contributed by atoms with van der Waals surface area (Å²) in [5.41, 5.74) is 0.256. The third-order valence-corrected chi connectivity index (χ3v) is 2.48. The molecule has 0 spiro atoms. The van der Waals surface area contributed by atoms with Gasteiger partial charge in [0.25, 0.3) is 0 Å². The van der Waals surface area contributed by atoms with Gasteiger partial charge in [-0.2, -0.15) is 0 Å². The summed E-state index contributed by atoms with van der Waals surface area (Å²) in [6.45, 7) is 9.25. The largest absolute Gasteiger partial charge is 0.345 e. The average Bonchev–Trinajstić information content (AvgIpc) is 2.32.